The van der Waals surface area contributed by atoms with Crippen molar-refractivity contribution < 1.29 is 39.4 Å². The highest BCUT2D eigenvalue weighted by Gasteiger charge is 1.99. The summed E-state index contributed by atoms with van der Waals surface area (Å²) in [6.45, 7) is 0. The normalized spacial score (nSPS) is 8.50. The molecule has 10 nitrogen and oxygen atoms in total. The smallest absolute Gasteiger partial charge is 0.254 e. The highest BCUT2D eigenvalue weighted by atomic mass is 16.4. The zero-order valence-electron chi connectivity index (χ0n) is 12.2. The van der Waals surface area contributed by atoms with E-state index in [0.29, 0.717) is 11.1 Å². The number of carboxylic acid groups (broad SMARTS) is 2. The quantitative estimate of drug-likeness (QED) is 0.521. The van der Waals surface area contributed by atoms with Crippen molar-refractivity contribution >= 4 is 23.8 Å². The standard InChI is InChI=1S/2C6H6N2O.C2H2O4/c2*7-6(9)5-2-1-3-8-4-5;3-1(4)2(5)6/h2*1-4H,(H2,7,9);(H,3,4)(H,5,6). The first-order valence-corrected chi connectivity index (χ1v) is 6.19. The van der Waals surface area contributed by atoms with Crippen molar-refractivity contribution in [2.45, 2.75) is 0 Å². The van der Waals surface area contributed by atoms with E-state index in [-0.39, 0.29) is 0 Å². The second-order valence-electron chi connectivity index (χ2n) is 3.89. The molecular weight excluding hydrogens is 320 g/mol. The number of aromatic amines is 2. The fourth-order valence-electron chi connectivity index (χ4n) is 1.09. The van der Waals surface area contributed by atoms with E-state index in [9.17, 15) is 9.59 Å². The first-order valence-electron chi connectivity index (χ1n) is 6.19. The maximum atomic E-state index is 10.4. The minimum Gasteiger partial charge on any atom is -0.543 e. The van der Waals surface area contributed by atoms with Crippen LogP contribution in [-0.2, 0) is 9.59 Å². The van der Waals surface area contributed by atoms with Crippen LogP contribution in [0.15, 0.2) is 49.1 Å². The number of carboxylic acids is 2. The van der Waals surface area contributed by atoms with Crippen molar-refractivity contribution in [1.82, 2.24) is 0 Å². The largest absolute Gasteiger partial charge is 0.543 e. The van der Waals surface area contributed by atoms with Gasteiger partial charge in [-0.25, -0.2) is 9.97 Å². The average Bonchev–Trinajstić information content (AvgIpc) is 2.57. The van der Waals surface area contributed by atoms with Crippen LogP contribution in [0.25, 0.3) is 0 Å². The van der Waals surface area contributed by atoms with Crippen molar-refractivity contribution in [1.29, 1.82) is 0 Å². The molecule has 0 aliphatic rings. The molecule has 0 atom stereocenters. The Kier molecular flexibility index (Phi) is 9.12. The average molecular weight is 334 g/mol. The number of hydrogen-bond donors (Lipinski definition) is 2. The van der Waals surface area contributed by atoms with Crippen molar-refractivity contribution in [3.63, 3.8) is 0 Å². The number of pyridine rings is 2. The third kappa shape index (κ3) is 9.18. The van der Waals surface area contributed by atoms with Crippen molar-refractivity contribution in [3.05, 3.63) is 60.2 Å². The van der Waals surface area contributed by atoms with Crippen LogP contribution in [0.5, 0.6) is 0 Å². The molecule has 2 heterocycles. The minimum absolute atomic E-state index is 0.410. The summed E-state index contributed by atoms with van der Waals surface area (Å²) < 4.78 is 0. The van der Waals surface area contributed by atoms with Gasteiger partial charge in [0, 0.05) is 12.1 Å². The minimum atomic E-state index is -2.19. The second kappa shape index (κ2) is 10.8. The van der Waals surface area contributed by atoms with E-state index >= 15 is 0 Å². The predicted octanol–water partition coefficient (Wildman–Crippen LogP) is -4.31. The molecule has 0 saturated carbocycles. The van der Waals surface area contributed by atoms with Gasteiger partial charge in [0.2, 0.25) is 0 Å². The molecule has 2 aromatic heterocycles. The van der Waals surface area contributed by atoms with Gasteiger partial charge in [0.05, 0.1) is 11.9 Å². The molecule has 126 valence electrons. The number of hydrogen-bond acceptors (Lipinski definition) is 6. The van der Waals surface area contributed by atoms with Gasteiger partial charge in [-0.3, -0.25) is 9.59 Å². The third-order valence-electron chi connectivity index (χ3n) is 2.15. The number of aliphatic carboxylic acids is 2. The fraction of sp³-hybridized carbons (Fsp3) is 0. The summed E-state index contributed by atoms with van der Waals surface area (Å²) in [6, 6.07) is 6.75. The van der Waals surface area contributed by atoms with E-state index in [1.54, 1.807) is 49.1 Å². The SMILES string of the molecule is NC(=O)c1ccc[nH+]c1.NC(=O)c1ccc[nH+]c1.O=C([O-])C(=O)[O-]. The van der Waals surface area contributed by atoms with Gasteiger partial charge in [0.15, 0.2) is 24.8 Å². The molecule has 0 unspecified atom stereocenters. The molecule has 0 radical (unpaired) electrons. The Bertz CT molecular complexity index is 629. The molecule has 2 amide bonds. The van der Waals surface area contributed by atoms with Gasteiger partial charge in [-0.05, 0) is 12.1 Å². The molecule has 6 N–H and O–H groups in total. The number of carbonyl (C=O) groups excluding carboxylic acids is 4. The lowest BCUT2D eigenvalue weighted by Gasteiger charge is -1.97. The summed E-state index contributed by atoms with van der Waals surface area (Å²) in [6.07, 6.45) is 6.55. The first-order chi connectivity index (χ1) is 11.3. The molecule has 0 aliphatic carbocycles. The molecule has 0 aliphatic heterocycles. The Balaban J connectivity index is 0.000000340. The summed E-state index contributed by atoms with van der Waals surface area (Å²) >= 11 is 0. The van der Waals surface area contributed by atoms with Crippen LogP contribution in [0.4, 0.5) is 0 Å². The van der Waals surface area contributed by atoms with E-state index in [1.165, 1.54) is 0 Å². The highest BCUT2D eigenvalue weighted by Crippen LogP contribution is 1.89. The summed E-state index contributed by atoms with van der Waals surface area (Å²) in [5.74, 6) is -5.19. The fourth-order valence-corrected chi connectivity index (χ4v) is 1.09. The van der Waals surface area contributed by atoms with E-state index in [1.807, 2.05) is 0 Å². The summed E-state index contributed by atoms with van der Waals surface area (Å²) in [7, 11) is 0. The van der Waals surface area contributed by atoms with Gasteiger partial charge >= 0.3 is 0 Å². The number of rotatable bonds is 2. The van der Waals surface area contributed by atoms with Crippen LogP contribution in [0.1, 0.15) is 20.7 Å². The number of carbonyl (C=O) groups is 4. The van der Waals surface area contributed by atoms with Crippen LogP contribution in [-0.4, -0.2) is 23.8 Å². The Labute approximate surface area is 135 Å². The highest BCUT2D eigenvalue weighted by molar-refractivity contribution is 6.25. The lowest BCUT2D eigenvalue weighted by molar-refractivity contribution is -0.378. The van der Waals surface area contributed by atoms with Gasteiger partial charge < -0.3 is 31.3 Å². The summed E-state index contributed by atoms with van der Waals surface area (Å²) in [5, 5.41) is 17.9. The van der Waals surface area contributed by atoms with Crippen LogP contribution in [0, 0.1) is 0 Å². The van der Waals surface area contributed by atoms with Crippen LogP contribution < -0.4 is 31.6 Å². The maximum Gasteiger partial charge on any atom is 0.254 e. The number of nitrogens with one attached hydrogen (secondary N) is 2. The van der Waals surface area contributed by atoms with Gasteiger partial charge in [0.1, 0.15) is 11.1 Å². The summed E-state index contributed by atoms with van der Waals surface area (Å²) in [4.78, 5) is 44.1. The van der Waals surface area contributed by atoms with E-state index in [2.05, 4.69) is 9.97 Å². The van der Waals surface area contributed by atoms with Crippen molar-refractivity contribution in [3.8, 4) is 0 Å². The van der Waals surface area contributed by atoms with Gasteiger partial charge in [-0.2, -0.15) is 0 Å². The van der Waals surface area contributed by atoms with Crippen LogP contribution >= 0.6 is 0 Å². The third-order valence-corrected chi connectivity index (χ3v) is 2.15. The Morgan fingerprint density at radius 1 is 0.750 bits per heavy atom. The predicted molar refractivity (Wildman–Crippen MR) is 73.0 cm³/mol. The van der Waals surface area contributed by atoms with Gasteiger partial charge in [-0.1, -0.05) is 0 Å². The van der Waals surface area contributed by atoms with Gasteiger partial charge in [-0.15, -0.1) is 0 Å². The number of amides is 2. The first kappa shape index (κ1) is 20.2. The molecule has 0 saturated heterocycles. The Morgan fingerprint density at radius 2 is 1.08 bits per heavy atom. The van der Waals surface area contributed by atoms with E-state index in [0.717, 1.165) is 0 Å². The van der Waals surface area contributed by atoms with Crippen LogP contribution in [0.3, 0.4) is 0 Å². The van der Waals surface area contributed by atoms with Crippen molar-refractivity contribution in [2.24, 2.45) is 11.5 Å². The molecule has 0 spiro atoms. The van der Waals surface area contributed by atoms with E-state index < -0.39 is 23.8 Å². The molecule has 2 aromatic rings. The topological polar surface area (TPSA) is 195 Å². The number of H-pyrrole nitrogens is 2. The zero-order valence-corrected chi connectivity index (χ0v) is 12.2. The molecule has 0 fully saturated rings. The van der Waals surface area contributed by atoms with Crippen molar-refractivity contribution in [2.75, 3.05) is 0 Å². The maximum absolute atomic E-state index is 10.4. The number of nitrogens with two attached hydrogens (primary N) is 2. The Morgan fingerprint density at radius 3 is 1.21 bits per heavy atom. The summed E-state index contributed by atoms with van der Waals surface area (Å²) in [5.41, 5.74) is 10.9. The monoisotopic (exact) mass is 334 g/mol. The number of aromatic nitrogens is 2. The lowest BCUT2D eigenvalue weighted by Crippen LogP contribution is -2.42. The zero-order chi connectivity index (χ0) is 18.5. The molecule has 0 bridgehead atoms. The molecule has 10 heteroatoms. The van der Waals surface area contributed by atoms with E-state index in [4.69, 9.17) is 31.3 Å². The number of primary amides is 2. The molecule has 24 heavy (non-hydrogen) atoms. The second-order valence-corrected chi connectivity index (χ2v) is 3.89. The lowest BCUT2D eigenvalue weighted by atomic mass is 10.3. The molecule has 2 rings (SSSR count). The molecule has 0 aromatic carbocycles. The van der Waals surface area contributed by atoms with Crippen LogP contribution in [0.2, 0.25) is 0 Å². The Hall–Kier alpha value is -3.82. The van der Waals surface area contributed by atoms with Gasteiger partial charge in [0.25, 0.3) is 11.8 Å². The molecular formula is C14H14N4O6.